The minimum absolute atomic E-state index is 0.0727. The van der Waals surface area contributed by atoms with Crippen LogP contribution in [0.4, 0.5) is 0 Å². The van der Waals surface area contributed by atoms with E-state index in [4.69, 9.17) is 32.7 Å². The zero-order chi connectivity index (χ0) is 28.7. The summed E-state index contributed by atoms with van der Waals surface area (Å²) >= 11 is 14.5. The number of allylic oxidation sites excluding steroid dienone is 2. The summed E-state index contributed by atoms with van der Waals surface area (Å²) in [7, 11) is 4.16. The highest BCUT2D eigenvalue weighted by Crippen LogP contribution is 2.67. The van der Waals surface area contributed by atoms with Crippen LogP contribution in [0.2, 0.25) is 0 Å². The third-order valence-electron chi connectivity index (χ3n) is 9.81. The highest BCUT2D eigenvalue weighted by Gasteiger charge is 2.76. The Morgan fingerprint density at radius 3 is 2.15 bits per heavy atom. The number of hydrogen-bond donors (Lipinski definition) is 1. The average Bonchev–Trinajstić information content (AvgIpc) is 3.28. The summed E-state index contributed by atoms with van der Waals surface area (Å²) in [4.78, 5) is 53.8. The van der Waals surface area contributed by atoms with Gasteiger partial charge >= 0.3 is 0 Å². The van der Waals surface area contributed by atoms with E-state index in [1.54, 1.807) is 0 Å². The molecule has 0 aromatic heterocycles. The van der Waals surface area contributed by atoms with Gasteiger partial charge in [0.25, 0.3) is 11.8 Å². The third kappa shape index (κ3) is 3.39. The van der Waals surface area contributed by atoms with E-state index < -0.39 is 45.2 Å². The SMILES string of the molecule is COc1cc(O)cc(OC)c1[C@H]1C2=CC[C@@H]3C(=O)N(C4CCCCC4)C(=O)[C@@H]3[C@@H]2C[C@@]2(Cl)C(=O)N(C)C(=O)[C@@]12Cl. The van der Waals surface area contributed by atoms with Crippen molar-refractivity contribution in [3.8, 4) is 17.2 Å². The Balaban J connectivity index is 1.55. The molecule has 1 aromatic carbocycles. The summed E-state index contributed by atoms with van der Waals surface area (Å²) in [6.07, 6.45) is 6.70. The third-order valence-corrected chi connectivity index (χ3v) is 11.2. The number of ether oxygens (including phenoxy) is 2. The Morgan fingerprint density at radius 1 is 0.925 bits per heavy atom. The molecule has 2 saturated carbocycles. The minimum Gasteiger partial charge on any atom is -0.508 e. The van der Waals surface area contributed by atoms with E-state index in [1.165, 1.54) is 38.3 Å². The molecule has 4 fully saturated rings. The summed E-state index contributed by atoms with van der Waals surface area (Å²) < 4.78 is 11.3. The van der Waals surface area contributed by atoms with Gasteiger partial charge in [-0.15, -0.1) is 23.2 Å². The van der Waals surface area contributed by atoms with Gasteiger partial charge in [-0.05, 0) is 31.6 Å². The molecule has 11 heteroatoms. The molecular formula is C29H32Cl2N2O7. The van der Waals surface area contributed by atoms with Crippen molar-refractivity contribution < 1.29 is 33.8 Å². The molecule has 2 aliphatic heterocycles. The van der Waals surface area contributed by atoms with Crippen molar-refractivity contribution >= 4 is 46.8 Å². The number of phenolic OH excluding ortho intramolecular Hbond substituents is 1. The van der Waals surface area contributed by atoms with Gasteiger partial charge in [-0.1, -0.05) is 30.9 Å². The minimum atomic E-state index is -1.97. The first-order chi connectivity index (χ1) is 19.0. The van der Waals surface area contributed by atoms with E-state index in [2.05, 4.69) is 0 Å². The van der Waals surface area contributed by atoms with Gasteiger partial charge in [-0.3, -0.25) is 29.0 Å². The molecule has 0 radical (unpaired) electrons. The van der Waals surface area contributed by atoms with Crippen molar-refractivity contribution in [2.75, 3.05) is 21.3 Å². The lowest BCUT2D eigenvalue weighted by Crippen LogP contribution is -2.60. The second kappa shape index (κ2) is 9.38. The van der Waals surface area contributed by atoms with Crippen LogP contribution in [-0.2, 0) is 19.2 Å². The molecule has 5 aliphatic rings. The molecule has 0 unspecified atom stereocenters. The van der Waals surface area contributed by atoms with E-state index >= 15 is 0 Å². The van der Waals surface area contributed by atoms with Crippen molar-refractivity contribution in [2.45, 2.75) is 66.7 Å². The summed E-state index contributed by atoms with van der Waals surface area (Å²) in [5.74, 6) is -4.44. The highest BCUT2D eigenvalue weighted by molar-refractivity contribution is 6.53. The van der Waals surface area contributed by atoms with Gasteiger partial charge in [0.1, 0.15) is 17.2 Å². The Morgan fingerprint density at radius 2 is 1.55 bits per heavy atom. The maximum Gasteiger partial charge on any atom is 0.253 e. The molecule has 2 heterocycles. The number of hydrogen-bond acceptors (Lipinski definition) is 7. The number of amides is 4. The van der Waals surface area contributed by atoms with Gasteiger partial charge in [0.15, 0.2) is 9.75 Å². The van der Waals surface area contributed by atoms with Crippen LogP contribution in [0.1, 0.15) is 56.4 Å². The van der Waals surface area contributed by atoms with Gasteiger partial charge in [-0.25, -0.2) is 0 Å². The number of fused-ring (bicyclic) bond motifs is 4. The average molecular weight is 591 g/mol. The lowest BCUT2D eigenvalue weighted by atomic mass is 9.56. The van der Waals surface area contributed by atoms with Crippen molar-refractivity contribution in [3.05, 3.63) is 29.3 Å². The zero-order valence-electron chi connectivity index (χ0n) is 22.6. The summed E-state index contributed by atoms with van der Waals surface area (Å²) in [6.45, 7) is 0. The molecule has 3 aliphatic carbocycles. The number of likely N-dealkylation sites (tertiary alicyclic amines) is 2. The number of phenols is 1. The highest BCUT2D eigenvalue weighted by atomic mass is 35.5. The number of halogens is 2. The van der Waals surface area contributed by atoms with Crippen LogP contribution in [0.5, 0.6) is 17.2 Å². The van der Waals surface area contributed by atoms with Crippen molar-refractivity contribution in [1.29, 1.82) is 0 Å². The lowest BCUT2D eigenvalue weighted by Gasteiger charge is -2.51. The molecule has 1 aromatic rings. The summed E-state index contributed by atoms with van der Waals surface area (Å²) in [6, 6.07) is 2.63. The molecule has 9 nitrogen and oxygen atoms in total. The number of carbonyl (C=O) groups excluding carboxylic acids is 4. The predicted molar refractivity (Wildman–Crippen MR) is 145 cm³/mol. The second-order valence-corrected chi connectivity index (χ2v) is 12.8. The molecule has 6 rings (SSSR count). The second-order valence-electron chi connectivity index (χ2n) is 11.6. The van der Waals surface area contributed by atoms with Crippen LogP contribution < -0.4 is 9.47 Å². The van der Waals surface area contributed by atoms with Crippen LogP contribution >= 0.6 is 23.2 Å². The van der Waals surface area contributed by atoms with E-state index in [-0.39, 0.29) is 41.5 Å². The maximum atomic E-state index is 14.1. The Labute approximate surface area is 242 Å². The van der Waals surface area contributed by atoms with Crippen molar-refractivity contribution in [2.24, 2.45) is 17.8 Å². The molecule has 1 N–H and O–H groups in total. The van der Waals surface area contributed by atoms with Crippen molar-refractivity contribution in [1.82, 2.24) is 9.80 Å². The smallest absolute Gasteiger partial charge is 0.253 e. The summed E-state index contributed by atoms with van der Waals surface area (Å²) in [5.41, 5.74) is 0.993. The zero-order valence-corrected chi connectivity index (χ0v) is 24.1. The number of rotatable bonds is 4. The largest absolute Gasteiger partial charge is 0.508 e. The fourth-order valence-electron chi connectivity index (χ4n) is 7.99. The van der Waals surface area contributed by atoms with Crippen LogP contribution in [0.3, 0.4) is 0 Å². The van der Waals surface area contributed by atoms with Crippen molar-refractivity contribution in [3.63, 3.8) is 0 Å². The molecule has 214 valence electrons. The van der Waals surface area contributed by atoms with E-state index in [0.717, 1.165) is 37.0 Å². The van der Waals surface area contributed by atoms with Crippen LogP contribution in [0.15, 0.2) is 23.8 Å². The fourth-order valence-corrected chi connectivity index (χ4v) is 9.00. The standard InChI is InChI=1S/C29H32Cl2N2O7/c1-32-26(37)28(30)13-18-16(9-10-17-21(18)25(36)33(24(17)35)14-7-5-4-6-8-14)23(29(28,31)27(32)38)22-19(39-2)11-15(34)12-20(22)40-3/h9,11-12,14,17-18,21,23,34H,4-8,10,13H2,1-3H3/t17-,18+,21-,23+,28+,29-/m0/s1. The van der Waals surface area contributed by atoms with Crippen LogP contribution in [-0.4, -0.2) is 75.6 Å². The van der Waals surface area contributed by atoms with E-state index in [1.807, 2.05) is 6.08 Å². The lowest BCUT2D eigenvalue weighted by molar-refractivity contribution is -0.144. The maximum absolute atomic E-state index is 14.1. The number of aromatic hydroxyl groups is 1. The molecule has 40 heavy (non-hydrogen) atoms. The van der Waals surface area contributed by atoms with Crippen LogP contribution in [0.25, 0.3) is 0 Å². The number of nitrogens with zero attached hydrogens (tertiary/aromatic N) is 2. The quantitative estimate of drug-likeness (QED) is 0.323. The normalized spacial score (nSPS) is 35.9. The van der Waals surface area contributed by atoms with Gasteiger partial charge in [0.05, 0.1) is 26.1 Å². The fraction of sp³-hybridized carbons (Fsp3) is 0.586. The van der Waals surface area contributed by atoms with Gasteiger partial charge in [0.2, 0.25) is 11.8 Å². The first-order valence-corrected chi connectivity index (χ1v) is 14.5. The van der Waals surface area contributed by atoms with Gasteiger partial charge in [-0.2, -0.15) is 0 Å². The molecule has 2 saturated heterocycles. The van der Waals surface area contributed by atoms with E-state index in [0.29, 0.717) is 17.6 Å². The number of benzene rings is 1. The number of carbonyl (C=O) groups is 4. The molecule has 0 bridgehead atoms. The van der Waals surface area contributed by atoms with Crippen LogP contribution in [0, 0.1) is 17.8 Å². The predicted octanol–water partition coefficient (Wildman–Crippen LogP) is 3.73. The Kier molecular flexibility index (Phi) is 6.42. The molecule has 0 spiro atoms. The topological polar surface area (TPSA) is 113 Å². The van der Waals surface area contributed by atoms with Gasteiger partial charge in [0, 0.05) is 36.7 Å². The first-order valence-electron chi connectivity index (χ1n) is 13.7. The van der Waals surface area contributed by atoms with E-state index in [9.17, 15) is 24.3 Å². The summed E-state index contributed by atoms with van der Waals surface area (Å²) in [5, 5.41) is 10.3. The molecule has 6 atom stereocenters. The number of methoxy groups -OCH3 is 2. The van der Waals surface area contributed by atoms with Gasteiger partial charge < -0.3 is 14.6 Å². The number of imide groups is 2. The molecular weight excluding hydrogens is 559 g/mol. The molecule has 4 amide bonds. The number of alkyl halides is 2. The Hall–Kier alpha value is -2.78. The monoisotopic (exact) mass is 590 g/mol. The first kappa shape index (κ1) is 27.4. The Bertz CT molecular complexity index is 1330.